The molecule has 0 spiro atoms. The van der Waals surface area contributed by atoms with E-state index in [4.69, 9.17) is 23.2 Å². The number of carbonyl (C=O) groups excluding carboxylic acids is 1. The molecule has 0 aliphatic heterocycles. The van der Waals surface area contributed by atoms with E-state index in [0.29, 0.717) is 22.9 Å². The van der Waals surface area contributed by atoms with Crippen molar-refractivity contribution in [1.29, 1.82) is 0 Å². The molecule has 1 aromatic carbocycles. The first kappa shape index (κ1) is 12.9. The Morgan fingerprint density at radius 3 is 2.88 bits per heavy atom. The van der Waals surface area contributed by atoms with E-state index < -0.39 is 5.97 Å². The molecule has 2 nitrogen and oxygen atoms in total. The average molecular weight is 257 g/mol. The van der Waals surface area contributed by atoms with Crippen LogP contribution in [0, 0.1) is 11.8 Å². The van der Waals surface area contributed by atoms with Crippen molar-refractivity contribution < 1.29 is 9.53 Å². The number of benzene rings is 1. The minimum absolute atomic E-state index is 0.321. The van der Waals surface area contributed by atoms with Crippen LogP contribution in [0.3, 0.4) is 0 Å². The Labute approximate surface area is 105 Å². The zero-order valence-corrected chi connectivity index (χ0v) is 10.2. The number of halogens is 2. The zero-order chi connectivity index (χ0) is 12.0. The Morgan fingerprint density at radius 1 is 1.50 bits per heavy atom. The maximum absolute atomic E-state index is 11.3. The topological polar surface area (TPSA) is 26.3 Å². The lowest BCUT2D eigenvalue weighted by molar-refractivity contribution is 0.0601. The SMILES string of the molecule is COC(=O)c1cc(C#CCCCl)ccc1Cl. The van der Waals surface area contributed by atoms with Crippen LogP contribution in [0.15, 0.2) is 18.2 Å². The number of ether oxygens (including phenoxy) is 1. The summed E-state index contributed by atoms with van der Waals surface area (Å²) in [6, 6.07) is 4.98. The Balaban J connectivity index is 2.99. The van der Waals surface area contributed by atoms with Crippen LogP contribution < -0.4 is 0 Å². The van der Waals surface area contributed by atoms with Crippen molar-refractivity contribution in [1.82, 2.24) is 0 Å². The normalized spacial score (nSPS) is 9.19. The highest BCUT2D eigenvalue weighted by molar-refractivity contribution is 6.33. The fourth-order valence-corrected chi connectivity index (χ4v) is 1.37. The fourth-order valence-electron chi connectivity index (χ4n) is 1.08. The summed E-state index contributed by atoms with van der Waals surface area (Å²) in [6.45, 7) is 0. The second-order valence-electron chi connectivity index (χ2n) is 2.93. The summed E-state index contributed by atoms with van der Waals surface area (Å²) in [5.74, 6) is 5.79. The van der Waals surface area contributed by atoms with Gasteiger partial charge in [-0.05, 0) is 18.2 Å². The molecule has 0 aliphatic rings. The van der Waals surface area contributed by atoms with E-state index in [1.807, 2.05) is 0 Å². The molecule has 1 rings (SSSR count). The molecule has 0 aliphatic carbocycles. The molecule has 0 bridgehead atoms. The molecule has 0 aromatic heterocycles. The van der Waals surface area contributed by atoms with Crippen molar-refractivity contribution >= 4 is 29.2 Å². The Bertz CT molecular complexity index is 444. The predicted molar refractivity (Wildman–Crippen MR) is 65.0 cm³/mol. The smallest absolute Gasteiger partial charge is 0.339 e. The summed E-state index contributed by atoms with van der Waals surface area (Å²) in [7, 11) is 1.31. The number of methoxy groups -OCH3 is 1. The van der Waals surface area contributed by atoms with Crippen molar-refractivity contribution in [2.75, 3.05) is 13.0 Å². The molecule has 16 heavy (non-hydrogen) atoms. The minimum atomic E-state index is -0.467. The van der Waals surface area contributed by atoms with Gasteiger partial charge < -0.3 is 4.74 Å². The third kappa shape index (κ3) is 3.44. The quantitative estimate of drug-likeness (QED) is 0.462. The molecule has 0 atom stereocenters. The summed E-state index contributed by atoms with van der Waals surface area (Å²) in [5, 5.41) is 0.356. The van der Waals surface area contributed by atoms with Crippen molar-refractivity contribution in [3.05, 3.63) is 34.3 Å². The molecular formula is C12H10Cl2O2. The molecule has 0 unspecified atom stereocenters. The van der Waals surface area contributed by atoms with Crippen LogP contribution in [0.5, 0.6) is 0 Å². The van der Waals surface area contributed by atoms with Crippen LogP contribution in [-0.2, 0) is 4.74 Å². The van der Waals surface area contributed by atoms with Gasteiger partial charge in [0.2, 0.25) is 0 Å². The van der Waals surface area contributed by atoms with Crippen molar-refractivity contribution in [2.24, 2.45) is 0 Å². The van der Waals surface area contributed by atoms with E-state index in [1.165, 1.54) is 7.11 Å². The van der Waals surface area contributed by atoms with E-state index in [9.17, 15) is 4.79 Å². The summed E-state index contributed by atoms with van der Waals surface area (Å²) < 4.78 is 4.61. The van der Waals surface area contributed by atoms with Gasteiger partial charge in [0, 0.05) is 17.9 Å². The van der Waals surface area contributed by atoms with Gasteiger partial charge in [0.1, 0.15) is 0 Å². The van der Waals surface area contributed by atoms with Gasteiger partial charge in [-0.1, -0.05) is 23.4 Å². The number of carbonyl (C=O) groups is 1. The summed E-state index contributed by atoms with van der Waals surface area (Å²) in [5.41, 5.74) is 1.04. The second kappa shape index (κ2) is 6.42. The van der Waals surface area contributed by atoms with Crippen LogP contribution in [-0.4, -0.2) is 19.0 Å². The number of hydrogen-bond donors (Lipinski definition) is 0. The van der Waals surface area contributed by atoms with Crippen molar-refractivity contribution in [3.8, 4) is 11.8 Å². The zero-order valence-electron chi connectivity index (χ0n) is 8.72. The molecule has 4 heteroatoms. The number of hydrogen-bond acceptors (Lipinski definition) is 2. The van der Waals surface area contributed by atoms with E-state index in [1.54, 1.807) is 18.2 Å². The average Bonchev–Trinajstić information content (AvgIpc) is 2.30. The van der Waals surface area contributed by atoms with Crippen LogP contribution in [0.1, 0.15) is 22.3 Å². The molecule has 1 aromatic rings. The fraction of sp³-hybridized carbons (Fsp3) is 0.250. The number of alkyl halides is 1. The number of rotatable bonds is 2. The lowest BCUT2D eigenvalue weighted by Gasteiger charge is -2.02. The molecule has 84 valence electrons. The third-order valence-corrected chi connectivity index (χ3v) is 2.34. The maximum atomic E-state index is 11.3. The molecule has 0 heterocycles. The highest BCUT2D eigenvalue weighted by Gasteiger charge is 2.10. The van der Waals surface area contributed by atoms with Gasteiger partial charge in [0.15, 0.2) is 0 Å². The molecular weight excluding hydrogens is 247 g/mol. The first-order valence-corrected chi connectivity index (χ1v) is 5.53. The molecule has 0 saturated heterocycles. The van der Waals surface area contributed by atoms with Gasteiger partial charge in [-0.3, -0.25) is 0 Å². The van der Waals surface area contributed by atoms with Crippen molar-refractivity contribution in [2.45, 2.75) is 6.42 Å². The molecule has 0 radical (unpaired) electrons. The Morgan fingerprint density at radius 2 is 2.25 bits per heavy atom. The summed E-state index contributed by atoms with van der Waals surface area (Å²) in [6.07, 6.45) is 0.609. The largest absolute Gasteiger partial charge is 0.465 e. The van der Waals surface area contributed by atoms with E-state index >= 15 is 0 Å². The van der Waals surface area contributed by atoms with Crippen LogP contribution in [0.4, 0.5) is 0 Å². The highest BCUT2D eigenvalue weighted by Crippen LogP contribution is 2.18. The second-order valence-corrected chi connectivity index (χ2v) is 3.71. The molecule has 0 amide bonds. The standard InChI is InChI=1S/C12H10Cl2O2/c1-16-12(15)10-8-9(4-2-3-7-13)5-6-11(10)14/h5-6,8H,3,7H2,1H3. The Hall–Kier alpha value is -1.17. The Kier molecular flexibility index (Phi) is 5.18. The number of esters is 1. The van der Waals surface area contributed by atoms with Gasteiger partial charge in [-0.2, -0.15) is 0 Å². The first-order valence-electron chi connectivity index (χ1n) is 4.61. The van der Waals surface area contributed by atoms with E-state index in [-0.39, 0.29) is 0 Å². The van der Waals surface area contributed by atoms with Crippen LogP contribution in [0.2, 0.25) is 5.02 Å². The summed E-state index contributed by atoms with van der Waals surface area (Å²) >= 11 is 11.4. The monoisotopic (exact) mass is 256 g/mol. The predicted octanol–water partition coefficient (Wildman–Crippen LogP) is 3.11. The lowest BCUT2D eigenvalue weighted by atomic mass is 10.1. The third-order valence-electron chi connectivity index (χ3n) is 1.82. The van der Waals surface area contributed by atoms with Crippen molar-refractivity contribution in [3.63, 3.8) is 0 Å². The highest BCUT2D eigenvalue weighted by atomic mass is 35.5. The van der Waals surface area contributed by atoms with E-state index in [0.717, 1.165) is 5.56 Å². The van der Waals surface area contributed by atoms with Crippen LogP contribution in [0.25, 0.3) is 0 Å². The van der Waals surface area contributed by atoms with Gasteiger partial charge in [0.25, 0.3) is 0 Å². The van der Waals surface area contributed by atoms with Gasteiger partial charge in [0.05, 0.1) is 17.7 Å². The molecule has 0 saturated carbocycles. The summed E-state index contributed by atoms with van der Waals surface area (Å²) in [4.78, 5) is 11.3. The van der Waals surface area contributed by atoms with Gasteiger partial charge in [-0.15, -0.1) is 11.6 Å². The lowest BCUT2D eigenvalue weighted by Crippen LogP contribution is -2.02. The maximum Gasteiger partial charge on any atom is 0.339 e. The van der Waals surface area contributed by atoms with E-state index in [2.05, 4.69) is 16.6 Å². The van der Waals surface area contributed by atoms with Gasteiger partial charge in [-0.25, -0.2) is 4.79 Å². The van der Waals surface area contributed by atoms with Crippen LogP contribution >= 0.6 is 23.2 Å². The minimum Gasteiger partial charge on any atom is -0.465 e. The molecule has 0 fully saturated rings. The van der Waals surface area contributed by atoms with Gasteiger partial charge >= 0.3 is 5.97 Å². The molecule has 0 N–H and O–H groups in total. The first-order chi connectivity index (χ1) is 7.69.